The number of amides is 1. The minimum Gasteiger partial charge on any atom is -0.382 e. The molecule has 4 rings (SSSR count). The highest BCUT2D eigenvalue weighted by atomic mass is 19.1. The van der Waals surface area contributed by atoms with Crippen LogP contribution in [-0.4, -0.2) is 32.3 Å². The first-order valence-electron chi connectivity index (χ1n) is 10.2. The Morgan fingerprint density at radius 1 is 1.00 bits per heavy atom. The zero-order chi connectivity index (χ0) is 21.6. The molecule has 160 valence electrons. The molecule has 0 radical (unpaired) electrons. The van der Waals surface area contributed by atoms with E-state index in [-0.39, 0.29) is 17.6 Å². The number of halogens is 1. The first-order valence-corrected chi connectivity index (χ1v) is 10.2. The van der Waals surface area contributed by atoms with Crippen molar-refractivity contribution in [3.63, 3.8) is 0 Å². The Balaban J connectivity index is 1.63. The third kappa shape index (κ3) is 4.93. The predicted molar refractivity (Wildman–Crippen MR) is 119 cm³/mol. The smallest absolute Gasteiger partial charge is 0.254 e. The Labute approximate surface area is 181 Å². The molecule has 0 aliphatic carbocycles. The second-order valence-corrected chi connectivity index (χ2v) is 7.44. The molecule has 5 nitrogen and oxygen atoms in total. The van der Waals surface area contributed by atoms with Crippen molar-refractivity contribution in [2.24, 2.45) is 0 Å². The number of fused-ring (bicyclic) bond motifs is 1. The summed E-state index contributed by atoms with van der Waals surface area (Å²) in [4.78, 5) is 12.8. The summed E-state index contributed by atoms with van der Waals surface area (Å²) >= 11 is 0. The predicted octanol–water partition coefficient (Wildman–Crippen LogP) is 4.55. The van der Waals surface area contributed by atoms with Gasteiger partial charge in [0, 0.05) is 30.9 Å². The normalized spacial score (nSPS) is 17.7. The highest BCUT2D eigenvalue weighted by Gasteiger charge is 2.37. The number of hydrogen-bond donors (Lipinski definition) is 2. The third-order valence-corrected chi connectivity index (χ3v) is 5.36. The zero-order valence-corrected chi connectivity index (χ0v) is 17.3. The van der Waals surface area contributed by atoms with Gasteiger partial charge in [-0.2, -0.15) is 0 Å². The number of anilines is 2. The maximum absolute atomic E-state index is 13.1. The van der Waals surface area contributed by atoms with Crippen molar-refractivity contribution in [1.29, 1.82) is 0 Å². The average molecular weight is 420 g/mol. The van der Waals surface area contributed by atoms with Crippen LogP contribution in [0, 0.1) is 5.82 Å². The standard InChI is InChI=1S/C25H25FN2O3/c1-30-13-14-31-24-23(18-5-3-2-4-6-18)21-15-20(11-12-22(21)28-25(24)29)27-16-17-7-9-19(26)10-8-17/h2-12,15,23-24,27H,13-14,16H2,1H3,(H,28,29). The summed E-state index contributed by atoms with van der Waals surface area (Å²) in [5.41, 5.74) is 4.66. The monoisotopic (exact) mass is 420 g/mol. The molecule has 2 unspecified atom stereocenters. The van der Waals surface area contributed by atoms with E-state index in [9.17, 15) is 9.18 Å². The zero-order valence-electron chi connectivity index (χ0n) is 17.3. The number of nitrogens with one attached hydrogen (secondary N) is 2. The number of carbonyl (C=O) groups excluding carboxylic acids is 1. The number of carbonyl (C=O) groups is 1. The molecule has 2 N–H and O–H groups in total. The van der Waals surface area contributed by atoms with Gasteiger partial charge in [-0.15, -0.1) is 0 Å². The first-order chi connectivity index (χ1) is 15.2. The summed E-state index contributed by atoms with van der Waals surface area (Å²) in [7, 11) is 1.60. The highest BCUT2D eigenvalue weighted by Crippen LogP contribution is 2.40. The van der Waals surface area contributed by atoms with Gasteiger partial charge < -0.3 is 20.1 Å². The molecule has 3 aromatic carbocycles. The second-order valence-electron chi connectivity index (χ2n) is 7.44. The molecule has 6 heteroatoms. The number of rotatable bonds is 8. The van der Waals surface area contributed by atoms with Crippen molar-refractivity contribution in [1.82, 2.24) is 0 Å². The van der Waals surface area contributed by atoms with Gasteiger partial charge in [-0.25, -0.2) is 4.39 Å². The summed E-state index contributed by atoms with van der Waals surface area (Å²) in [5.74, 6) is -0.655. The number of benzene rings is 3. The Morgan fingerprint density at radius 2 is 1.77 bits per heavy atom. The van der Waals surface area contributed by atoms with Crippen molar-refractivity contribution in [2.75, 3.05) is 31.0 Å². The summed E-state index contributed by atoms with van der Waals surface area (Å²) < 4.78 is 24.2. The van der Waals surface area contributed by atoms with E-state index >= 15 is 0 Å². The molecule has 0 saturated carbocycles. The highest BCUT2D eigenvalue weighted by molar-refractivity contribution is 5.99. The summed E-state index contributed by atoms with van der Waals surface area (Å²) in [6.07, 6.45) is -0.655. The fourth-order valence-corrected chi connectivity index (χ4v) is 3.81. The molecule has 0 bridgehead atoms. The maximum Gasteiger partial charge on any atom is 0.254 e. The van der Waals surface area contributed by atoms with Crippen LogP contribution in [0.5, 0.6) is 0 Å². The summed E-state index contributed by atoms with van der Waals surface area (Å²) in [6, 6.07) is 22.2. The largest absolute Gasteiger partial charge is 0.382 e. The fourth-order valence-electron chi connectivity index (χ4n) is 3.81. The van der Waals surface area contributed by atoms with Crippen LogP contribution in [0.25, 0.3) is 0 Å². The van der Waals surface area contributed by atoms with Crippen molar-refractivity contribution >= 4 is 17.3 Å². The fraction of sp³-hybridized carbons (Fsp3) is 0.240. The molecule has 0 saturated heterocycles. The average Bonchev–Trinajstić information content (AvgIpc) is 2.79. The Hall–Kier alpha value is -3.22. The molecule has 31 heavy (non-hydrogen) atoms. The minimum absolute atomic E-state index is 0.163. The summed E-state index contributed by atoms with van der Waals surface area (Å²) in [6.45, 7) is 1.31. The lowest BCUT2D eigenvalue weighted by atomic mass is 9.82. The molecule has 1 aliphatic heterocycles. The lowest BCUT2D eigenvalue weighted by Crippen LogP contribution is -2.41. The van der Waals surface area contributed by atoms with Gasteiger partial charge in [0.25, 0.3) is 5.91 Å². The van der Waals surface area contributed by atoms with E-state index in [1.165, 1.54) is 12.1 Å². The van der Waals surface area contributed by atoms with E-state index in [2.05, 4.69) is 10.6 Å². The lowest BCUT2D eigenvalue weighted by molar-refractivity contribution is -0.129. The van der Waals surface area contributed by atoms with Crippen molar-refractivity contribution < 1.29 is 18.7 Å². The lowest BCUT2D eigenvalue weighted by Gasteiger charge is -2.33. The van der Waals surface area contributed by atoms with Gasteiger partial charge in [-0.3, -0.25) is 4.79 Å². The van der Waals surface area contributed by atoms with Gasteiger partial charge in [0.15, 0.2) is 0 Å². The Morgan fingerprint density at radius 3 is 2.52 bits per heavy atom. The Bertz CT molecular complexity index is 1020. The Kier molecular flexibility index (Phi) is 6.60. The molecule has 0 fully saturated rings. The van der Waals surface area contributed by atoms with Crippen molar-refractivity contribution in [3.05, 3.63) is 95.3 Å². The van der Waals surface area contributed by atoms with Crippen LogP contribution in [0.15, 0.2) is 72.8 Å². The second kappa shape index (κ2) is 9.73. The van der Waals surface area contributed by atoms with Crippen molar-refractivity contribution in [2.45, 2.75) is 18.6 Å². The van der Waals surface area contributed by atoms with Crippen LogP contribution in [0.4, 0.5) is 15.8 Å². The van der Waals surface area contributed by atoms with Crippen LogP contribution < -0.4 is 10.6 Å². The summed E-state index contributed by atoms with van der Waals surface area (Å²) in [5, 5.41) is 6.35. The van der Waals surface area contributed by atoms with Gasteiger partial charge in [-0.05, 0) is 47.0 Å². The van der Waals surface area contributed by atoms with Crippen LogP contribution in [0.2, 0.25) is 0 Å². The van der Waals surface area contributed by atoms with Gasteiger partial charge >= 0.3 is 0 Å². The van der Waals surface area contributed by atoms with E-state index in [0.717, 1.165) is 28.1 Å². The number of hydrogen-bond acceptors (Lipinski definition) is 4. The van der Waals surface area contributed by atoms with Crippen LogP contribution in [-0.2, 0) is 20.8 Å². The first kappa shape index (κ1) is 21.0. The SMILES string of the molecule is COCCOC1C(=O)Nc2ccc(NCc3ccc(F)cc3)cc2C1c1ccccc1. The molecular formula is C25H25FN2O3. The molecule has 1 amide bonds. The molecule has 1 aliphatic rings. The van der Waals surface area contributed by atoms with E-state index in [1.54, 1.807) is 19.2 Å². The number of methoxy groups -OCH3 is 1. The van der Waals surface area contributed by atoms with Crippen molar-refractivity contribution in [3.8, 4) is 0 Å². The number of ether oxygens (including phenoxy) is 2. The topological polar surface area (TPSA) is 59.6 Å². The van der Waals surface area contributed by atoms with Crippen LogP contribution >= 0.6 is 0 Å². The van der Waals surface area contributed by atoms with E-state index < -0.39 is 6.10 Å². The quantitative estimate of drug-likeness (QED) is 0.525. The van der Waals surface area contributed by atoms with E-state index in [1.807, 2.05) is 48.5 Å². The molecule has 3 aromatic rings. The van der Waals surface area contributed by atoms with Crippen LogP contribution in [0.1, 0.15) is 22.6 Å². The molecule has 0 aromatic heterocycles. The molecular weight excluding hydrogens is 395 g/mol. The minimum atomic E-state index is -0.655. The molecule has 1 heterocycles. The van der Waals surface area contributed by atoms with Gasteiger partial charge in [0.05, 0.1) is 13.2 Å². The molecule has 2 atom stereocenters. The van der Waals surface area contributed by atoms with Crippen LogP contribution in [0.3, 0.4) is 0 Å². The third-order valence-electron chi connectivity index (χ3n) is 5.36. The van der Waals surface area contributed by atoms with E-state index in [4.69, 9.17) is 9.47 Å². The van der Waals surface area contributed by atoms with Gasteiger partial charge in [0.1, 0.15) is 11.9 Å². The van der Waals surface area contributed by atoms with E-state index in [0.29, 0.717) is 19.8 Å². The van der Waals surface area contributed by atoms with Gasteiger partial charge in [0.2, 0.25) is 0 Å². The maximum atomic E-state index is 13.1. The van der Waals surface area contributed by atoms with Gasteiger partial charge in [-0.1, -0.05) is 42.5 Å². The molecule has 0 spiro atoms.